The third-order valence-electron chi connectivity index (χ3n) is 2.66. The summed E-state index contributed by atoms with van der Waals surface area (Å²) >= 11 is 1.55. The van der Waals surface area contributed by atoms with E-state index in [-0.39, 0.29) is 11.7 Å². The number of rotatable bonds is 5. The monoisotopic (exact) mass is 302 g/mol. The molecule has 2 aromatic rings. The zero-order chi connectivity index (χ0) is 14.7. The van der Waals surface area contributed by atoms with Gasteiger partial charge in [-0.2, -0.15) is 8.78 Å². The van der Waals surface area contributed by atoms with E-state index in [1.807, 2.05) is 24.4 Å². The third-order valence-corrected chi connectivity index (χ3v) is 3.72. The maximum Gasteiger partial charge on any atom is 0.387 e. The fourth-order valence-electron chi connectivity index (χ4n) is 1.72. The van der Waals surface area contributed by atoms with E-state index in [0.717, 1.165) is 17.0 Å². The lowest BCUT2D eigenvalue weighted by molar-refractivity contribution is -0.0521. The standard InChI is InChI=1S/C13H13F3N2OS/c1-7(12-3-2-4-20-12)18-10-6-11(19-13(15)16)8(14)5-9(10)17/h2-7,13,18H,17H2,1H3. The quantitative estimate of drug-likeness (QED) is 0.812. The van der Waals surface area contributed by atoms with Gasteiger partial charge in [-0.3, -0.25) is 0 Å². The maximum atomic E-state index is 13.4. The molecule has 1 aromatic carbocycles. The number of thiophene rings is 1. The van der Waals surface area contributed by atoms with Crippen LogP contribution in [-0.4, -0.2) is 6.61 Å². The van der Waals surface area contributed by atoms with Gasteiger partial charge in [0.05, 0.1) is 17.4 Å². The largest absolute Gasteiger partial charge is 0.432 e. The Labute approximate surface area is 118 Å². The Kier molecular flexibility index (Phi) is 4.39. The highest BCUT2D eigenvalue weighted by molar-refractivity contribution is 7.10. The van der Waals surface area contributed by atoms with E-state index in [2.05, 4.69) is 10.1 Å². The minimum Gasteiger partial charge on any atom is -0.432 e. The molecule has 7 heteroatoms. The Balaban J connectivity index is 2.22. The SMILES string of the molecule is CC(Nc1cc(OC(F)F)c(F)cc1N)c1cccs1. The van der Waals surface area contributed by atoms with E-state index in [1.165, 1.54) is 0 Å². The lowest BCUT2D eigenvalue weighted by atomic mass is 10.2. The molecule has 2 rings (SSSR count). The Bertz CT molecular complexity index is 575. The first-order valence-corrected chi connectivity index (χ1v) is 6.69. The second-order valence-electron chi connectivity index (χ2n) is 4.13. The predicted octanol–water partition coefficient (Wildman–Crippen LogP) is 4.24. The number of benzene rings is 1. The smallest absolute Gasteiger partial charge is 0.387 e. The van der Waals surface area contributed by atoms with Crippen LogP contribution in [0.2, 0.25) is 0 Å². The summed E-state index contributed by atoms with van der Waals surface area (Å²) < 4.78 is 41.9. The van der Waals surface area contributed by atoms with Crippen molar-refractivity contribution in [2.75, 3.05) is 11.1 Å². The molecule has 3 N–H and O–H groups in total. The number of alkyl halides is 2. The van der Waals surface area contributed by atoms with Gasteiger partial charge in [-0.25, -0.2) is 4.39 Å². The van der Waals surface area contributed by atoms with Gasteiger partial charge in [0, 0.05) is 17.0 Å². The van der Waals surface area contributed by atoms with Crippen LogP contribution >= 0.6 is 11.3 Å². The number of nitrogen functional groups attached to an aromatic ring is 1. The third kappa shape index (κ3) is 3.36. The molecular weight excluding hydrogens is 289 g/mol. The molecule has 0 amide bonds. The molecule has 108 valence electrons. The van der Waals surface area contributed by atoms with Crippen LogP contribution in [0.4, 0.5) is 24.5 Å². The van der Waals surface area contributed by atoms with Crippen molar-refractivity contribution in [1.29, 1.82) is 0 Å². The van der Waals surface area contributed by atoms with Crippen molar-refractivity contribution in [2.24, 2.45) is 0 Å². The van der Waals surface area contributed by atoms with Gasteiger partial charge in [0.25, 0.3) is 0 Å². The summed E-state index contributed by atoms with van der Waals surface area (Å²) in [7, 11) is 0. The van der Waals surface area contributed by atoms with Crippen LogP contribution < -0.4 is 15.8 Å². The van der Waals surface area contributed by atoms with E-state index in [1.54, 1.807) is 11.3 Å². The summed E-state index contributed by atoms with van der Waals surface area (Å²) in [5.41, 5.74) is 6.16. The van der Waals surface area contributed by atoms with Crippen molar-refractivity contribution in [3.8, 4) is 5.75 Å². The van der Waals surface area contributed by atoms with Gasteiger partial charge in [0.2, 0.25) is 0 Å². The zero-order valence-electron chi connectivity index (χ0n) is 10.6. The minimum absolute atomic E-state index is 0.0813. The van der Waals surface area contributed by atoms with E-state index in [9.17, 15) is 13.2 Å². The maximum absolute atomic E-state index is 13.4. The highest BCUT2D eigenvalue weighted by atomic mass is 32.1. The molecule has 0 radical (unpaired) electrons. The number of ether oxygens (including phenoxy) is 1. The van der Waals surface area contributed by atoms with Crippen LogP contribution in [0, 0.1) is 5.82 Å². The molecule has 3 nitrogen and oxygen atoms in total. The van der Waals surface area contributed by atoms with E-state index < -0.39 is 18.2 Å². The first-order chi connectivity index (χ1) is 9.47. The summed E-state index contributed by atoms with van der Waals surface area (Å²) in [6.45, 7) is -1.20. The van der Waals surface area contributed by atoms with Crippen molar-refractivity contribution >= 4 is 22.7 Å². The molecule has 0 aliphatic rings. The second kappa shape index (κ2) is 6.04. The first-order valence-electron chi connectivity index (χ1n) is 5.81. The van der Waals surface area contributed by atoms with Gasteiger partial charge in [-0.1, -0.05) is 6.07 Å². The van der Waals surface area contributed by atoms with Gasteiger partial charge >= 0.3 is 6.61 Å². The number of hydrogen-bond donors (Lipinski definition) is 2. The fraction of sp³-hybridized carbons (Fsp3) is 0.231. The molecule has 0 saturated heterocycles. The Hall–Kier alpha value is -1.89. The summed E-state index contributed by atoms with van der Waals surface area (Å²) in [4.78, 5) is 1.05. The number of halogens is 3. The Morgan fingerprint density at radius 3 is 2.70 bits per heavy atom. The normalized spacial score (nSPS) is 12.4. The lowest BCUT2D eigenvalue weighted by Gasteiger charge is -2.17. The van der Waals surface area contributed by atoms with Crippen molar-refractivity contribution in [1.82, 2.24) is 0 Å². The Morgan fingerprint density at radius 1 is 1.35 bits per heavy atom. The number of hydrogen-bond acceptors (Lipinski definition) is 4. The van der Waals surface area contributed by atoms with Crippen LogP contribution in [0.3, 0.4) is 0 Å². The molecule has 0 spiro atoms. The van der Waals surface area contributed by atoms with Gasteiger partial charge < -0.3 is 15.8 Å². The summed E-state index contributed by atoms with van der Waals surface area (Å²) in [5, 5.41) is 4.97. The summed E-state index contributed by atoms with van der Waals surface area (Å²) in [6, 6.07) is 5.85. The molecular formula is C13H13F3N2OS. The van der Waals surface area contributed by atoms with Gasteiger partial charge in [-0.15, -0.1) is 11.3 Å². The lowest BCUT2D eigenvalue weighted by Crippen LogP contribution is -2.09. The molecule has 20 heavy (non-hydrogen) atoms. The Morgan fingerprint density at radius 2 is 2.10 bits per heavy atom. The fourth-order valence-corrected chi connectivity index (χ4v) is 2.46. The molecule has 1 atom stereocenters. The van der Waals surface area contributed by atoms with E-state index in [0.29, 0.717) is 5.69 Å². The highest BCUT2D eigenvalue weighted by Crippen LogP contribution is 2.32. The van der Waals surface area contributed by atoms with E-state index >= 15 is 0 Å². The minimum atomic E-state index is -3.09. The average Bonchev–Trinajstić information content (AvgIpc) is 2.88. The number of nitrogens with two attached hydrogens (primary N) is 1. The molecule has 1 heterocycles. The number of anilines is 2. The average molecular weight is 302 g/mol. The van der Waals surface area contributed by atoms with Crippen molar-refractivity contribution < 1.29 is 17.9 Å². The molecule has 0 fully saturated rings. The van der Waals surface area contributed by atoms with Gasteiger partial charge in [-0.05, 0) is 18.4 Å². The topological polar surface area (TPSA) is 47.3 Å². The molecule has 0 saturated carbocycles. The van der Waals surface area contributed by atoms with Crippen LogP contribution in [-0.2, 0) is 0 Å². The predicted molar refractivity (Wildman–Crippen MR) is 73.8 cm³/mol. The van der Waals surface area contributed by atoms with E-state index in [4.69, 9.17) is 5.73 Å². The zero-order valence-corrected chi connectivity index (χ0v) is 11.4. The van der Waals surface area contributed by atoms with Gasteiger partial charge in [0.15, 0.2) is 11.6 Å². The van der Waals surface area contributed by atoms with Crippen molar-refractivity contribution in [3.63, 3.8) is 0 Å². The first kappa shape index (κ1) is 14.5. The molecule has 1 unspecified atom stereocenters. The number of nitrogens with one attached hydrogen (secondary N) is 1. The van der Waals surface area contributed by atoms with Gasteiger partial charge in [0.1, 0.15) is 0 Å². The van der Waals surface area contributed by atoms with Crippen molar-refractivity contribution in [3.05, 3.63) is 40.3 Å². The molecule has 0 bridgehead atoms. The molecule has 0 aliphatic carbocycles. The summed E-state index contributed by atoms with van der Waals surface area (Å²) in [6.07, 6.45) is 0. The van der Waals surface area contributed by atoms with Crippen molar-refractivity contribution in [2.45, 2.75) is 19.6 Å². The van der Waals surface area contributed by atoms with Crippen LogP contribution in [0.1, 0.15) is 17.8 Å². The highest BCUT2D eigenvalue weighted by Gasteiger charge is 2.15. The van der Waals surface area contributed by atoms with Crippen LogP contribution in [0.5, 0.6) is 5.75 Å². The van der Waals surface area contributed by atoms with Crippen LogP contribution in [0.15, 0.2) is 29.6 Å². The molecule has 1 aromatic heterocycles. The summed E-state index contributed by atoms with van der Waals surface area (Å²) in [5.74, 6) is -1.45. The molecule has 0 aliphatic heterocycles. The van der Waals surface area contributed by atoms with Crippen LogP contribution in [0.25, 0.3) is 0 Å². The second-order valence-corrected chi connectivity index (χ2v) is 5.11.